The lowest BCUT2D eigenvalue weighted by molar-refractivity contribution is -0.142. The fraction of sp³-hybridized carbons (Fsp3) is 0.618. The zero-order chi connectivity index (χ0) is 31.2. The Morgan fingerprint density at radius 2 is 1.66 bits per heavy atom. The van der Waals surface area contributed by atoms with Gasteiger partial charge in [-0.15, -0.1) is 0 Å². The molecule has 2 aromatic carbocycles. The van der Waals surface area contributed by atoms with Crippen LogP contribution in [0.5, 0.6) is 0 Å². The van der Waals surface area contributed by atoms with E-state index < -0.39 is 35.1 Å². The molecule has 1 amide bonds. The van der Waals surface area contributed by atoms with Gasteiger partial charge >= 0.3 is 0 Å². The predicted molar refractivity (Wildman–Crippen MR) is 176 cm³/mol. The van der Waals surface area contributed by atoms with Crippen molar-refractivity contribution in [1.29, 1.82) is 0 Å². The molecule has 7 atom stereocenters. The van der Waals surface area contributed by atoms with E-state index in [9.17, 15) is 13.2 Å². The van der Waals surface area contributed by atoms with Gasteiger partial charge in [-0.05, 0) is 61.6 Å². The van der Waals surface area contributed by atoms with Gasteiger partial charge < -0.3 is 14.5 Å². The molecule has 2 aromatic rings. The van der Waals surface area contributed by atoms with Crippen molar-refractivity contribution in [2.24, 2.45) is 0 Å². The first-order valence-corrected chi connectivity index (χ1v) is 21.7. The molecule has 236 valence electrons. The number of likely N-dealkylation sites (tertiary alicyclic amines) is 1. The SMILES string of the molecule is CCC(=O)N1CC[C@@]23c4ccccc4N(S(=O)(=O)CC[Si](C)(C)C)[C@@H]4N(C)c5cccc6c5[C@@]42CCN([C@@H]13)[C@@H]6[C@H]1OC1(C)C. The van der Waals surface area contributed by atoms with E-state index in [-0.39, 0.29) is 35.6 Å². The molecule has 6 aliphatic heterocycles. The monoisotopic (exact) mass is 634 g/mol. The van der Waals surface area contributed by atoms with Crippen molar-refractivity contribution >= 4 is 35.4 Å². The van der Waals surface area contributed by atoms with E-state index in [2.05, 4.69) is 85.6 Å². The smallest absolute Gasteiger partial charge is 0.236 e. The minimum atomic E-state index is -3.68. The second-order valence-electron chi connectivity index (χ2n) is 15.7. The summed E-state index contributed by atoms with van der Waals surface area (Å²) in [5.41, 5.74) is 4.29. The van der Waals surface area contributed by atoms with Gasteiger partial charge in [0, 0.05) is 45.7 Å². The quantitative estimate of drug-likeness (QED) is 0.328. The number of carbonyl (C=O) groups is 1. The number of epoxide rings is 1. The molecule has 0 aromatic heterocycles. The van der Waals surface area contributed by atoms with Crippen molar-refractivity contribution in [2.45, 2.75) is 107 Å². The van der Waals surface area contributed by atoms with Gasteiger partial charge in [0.2, 0.25) is 15.9 Å². The molecule has 0 aliphatic carbocycles. The minimum Gasteiger partial charge on any atom is -0.365 e. The zero-order valence-corrected chi connectivity index (χ0v) is 28.9. The summed E-state index contributed by atoms with van der Waals surface area (Å²) in [5.74, 6) is 0.316. The fourth-order valence-electron chi connectivity index (χ4n) is 10.2. The van der Waals surface area contributed by atoms with E-state index >= 15 is 0 Å². The first-order valence-electron chi connectivity index (χ1n) is 16.4. The highest BCUT2D eigenvalue weighted by molar-refractivity contribution is 7.92. The van der Waals surface area contributed by atoms with Gasteiger partial charge in [-0.1, -0.05) is 56.9 Å². The van der Waals surface area contributed by atoms with Crippen LogP contribution in [-0.4, -0.2) is 82.1 Å². The van der Waals surface area contributed by atoms with Gasteiger partial charge in [0.1, 0.15) is 12.3 Å². The summed E-state index contributed by atoms with van der Waals surface area (Å²) in [6.45, 7) is 14.5. The summed E-state index contributed by atoms with van der Waals surface area (Å²) in [5, 5.41) is 0. The van der Waals surface area contributed by atoms with E-state index in [0.29, 0.717) is 19.0 Å². The number of anilines is 2. The molecular weight excluding hydrogens is 589 g/mol. The lowest BCUT2D eigenvalue weighted by atomic mass is 9.50. The highest BCUT2D eigenvalue weighted by Crippen LogP contribution is 2.73. The van der Waals surface area contributed by atoms with Crippen molar-refractivity contribution in [2.75, 3.05) is 35.1 Å². The fourth-order valence-corrected chi connectivity index (χ4v) is 14.9. The molecule has 2 bridgehead atoms. The summed E-state index contributed by atoms with van der Waals surface area (Å²) in [7, 11) is -3.22. The molecular formula is C34H46N4O4SSi. The van der Waals surface area contributed by atoms with Gasteiger partial charge in [-0.25, -0.2) is 12.7 Å². The summed E-state index contributed by atoms with van der Waals surface area (Å²) in [4.78, 5) is 20.9. The van der Waals surface area contributed by atoms with Crippen LogP contribution >= 0.6 is 0 Å². The van der Waals surface area contributed by atoms with Crippen LogP contribution in [0.15, 0.2) is 42.5 Å². The minimum absolute atomic E-state index is 0.00304. The Morgan fingerprint density at radius 1 is 0.977 bits per heavy atom. The standard InChI is InChI=1S/C34H46N4O4SSi/c1-8-26(39)36-18-16-33-23-13-9-10-14-24(23)38(43(40,41)20-21-44(5,6)7)30-34(33)17-19-37(31(33)36)28(29-32(2,3)42-29)22-12-11-15-25(27(22)34)35(30)4/h9-15,28-31H,8,16-21H2,1-7H3/t28-,29+,30-,31+,33-,34-/m0/s1. The number of hydrogen-bond acceptors (Lipinski definition) is 6. The van der Waals surface area contributed by atoms with Crippen LogP contribution in [-0.2, 0) is 30.4 Å². The van der Waals surface area contributed by atoms with Crippen molar-refractivity contribution < 1.29 is 17.9 Å². The molecule has 44 heavy (non-hydrogen) atoms. The number of para-hydroxylation sites is 1. The highest BCUT2D eigenvalue weighted by Gasteiger charge is 2.79. The number of rotatable bonds is 6. The Bertz CT molecular complexity index is 1690. The molecule has 8 rings (SSSR count). The van der Waals surface area contributed by atoms with Gasteiger partial charge in [-0.2, -0.15) is 0 Å². The normalized spacial score (nSPS) is 35.7. The molecule has 10 heteroatoms. The van der Waals surface area contributed by atoms with Crippen LogP contribution in [0.4, 0.5) is 11.4 Å². The molecule has 6 heterocycles. The van der Waals surface area contributed by atoms with Gasteiger partial charge in [0.25, 0.3) is 0 Å². The Labute approximate surface area is 263 Å². The topological polar surface area (TPSA) is 76.7 Å². The molecule has 8 nitrogen and oxygen atoms in total. The summed E-state index contributed by atoms with van der Waals surface area (Å²) in [6, 6.07) is 15.6. The van der Waals surface area contributed by atoms with E-state index in [1.54, 1.807) is 0 Å². The lowest BCUT2D eigenvalue weighted by Crippen LogP contribution is -2.75. The Hall–Kier alpha value is -2.40. The van der Waals surface area contributed by atoms with E-state index in [1.165, 1.54) is 11.1 Å². The van der Waals surface area contributed by atoms with Gasteiger partial charge in [-0.3, -0.25) is 9.69 Å². The largest absolute Gasteiger partial charge is 0.365 e. The van der Waals surface area contributed by atoms with Crippen molar-refractivity contribution in [3.63, 3.8) is 0 Å². The maximum Gasteiger partial charge on any atom is 0.236 e. The van der Waals surface area contributed by atoms with Crippen LogP contribution in [0.3, 0.4) is 0 Å². The Morgan fingerprint density at radius 3 is 2.34 bits per heavy atom. The maximum absolute atomic E-state index is 14.8. The number of hydrogen-bond donors (Lipinski definition) is 0. The predicted octanol–water partition coefficient (Wildman–Crippen LogP) is 5.03. The van der Waals surface area contributed by atoms with E-state index in [1.807, 2.05) is 23.4 Å². The summed E-state index contributed by atoms with van der Waals surface area (Å²) in [6.07, 6.45) is 1.49. The Balaban J connectivity index is 1.46. The third-order valence-electron chi connectivity index (χ3n) is 12.0. The van der Waals surface area contributed by atoms with E-state index in [0.717, 1.165) is 36.3 Å². The molecule has 0 saturated carbocycles. The number of nitrogens with zero attached hydrogens (tertiary/aromatic N) is 4. The molecule has 1 unspecified atom stereocenters. The molecule has 0 N–H and O–H groups in total. The molecule has 3 saturated heterocycles. The third-order valence-corrected chi connectivity index (χ3v) is 15.8. The number of piperidine rings is 1. The lowest BCUT2D eigenvalue weighted by Gasteiger charge is -2.64. The molecule has 6 aliphatic rings. The second-order valence-corrected chi connectivity index (χ2v) is 23.3. The number of amides is 1. The number of carbonyl (C=O) groups excluding carboxylic acids is 1. The highest BCUT2D eigenvalue weighted by atomic mass is 32.2. The number of likely N-dealkylation sites (N-methyl/N-ethyl adjacent to an activating group) is 1. The Kier molecular flexibility index (Phi) is 5.87. The van der Waals surface area contributed by atoms with Crippen molar-refractivity contribution in [3.8, 4) is 0 Å². The molecule has 2 spiro atoms. The van der Waals surface area contributed by atoms with Crippen LogP contribution in [0.2, 0.25) is 25.7 Å². The van der Waals surface area contributed by atoms with E-state index in [4.69, 9.17) is 4.74 Å². The maximum atomic E-state index is 14.8. The van der Waals surface area contributed by atoms with Gasteiger partial charge in [0.05, 0.1) is 34.7 Å². The zero-order valence-electron chi connectivity index (χ0n) is 27.1. The first kappa shape index (κ1) is 29.0. The van der Waals surface area contributed by atoms with Crippen molar-refractivity contribution in [3.05, 3.63) is 59.2 Å². The summed E-state index contributed by atoms with van der Waals surface area (Å²) >= 11 is 0. The first-order chi connectivity index (χ1) is 20.7. The van der Waals surface area contributed by atoms with Crippen LogP contribution in [0.25, 0.3) is 0 Å². The average molecular weight is 635 g/mol. The summed E-state index contributed by atoms with van der Waals surface area (Å²) < 4.78 is 37.9. The van der Waals surface area contributed by atoms with Crippen LogP contribution in [0.1, 0.15) is 62.8 Å². The third kappa shape index (κ3) is 3.41. The van der Waals surface area contributed by atoms with Crippen molar-refractivity contribution in [1.82, 2.24) is 9.80 Å². The van der Waals surface area contributed by atoms with Gasteiger partial charge in [0.15, 0.2) is 0 Å². The molecule has 3 fully saturated rings. The number of fused-ring (bicyclic) bond motifs is 1. The second kappa shape index (κ2) is 8.89. The van der Waals surface area contributed by atoms with Crippen LogP contribution < -0.4 is 9.21 Å². The number of sulfonamides is 1. The number of benzene rings is 2. The number of ether oxygens (including phenoxy) is 1. The molecule has 0 radical (unpaired) electrons. The van der Waals surface area contributed by atoms with Crippen LogP contribution in [0, 0.1) is 0 Å². The average Bonchev–Trinajstić information content (AvgIpc) is 3.36.